The molecule has 2 amide bonds. The van der Waals surface area contributed by atoms with E-state index in [1.165, 1.54) is 0 Å². The van der Waals surface area contributed by atoms with E-state index in [0.717, 1.165) is 11.4 Å². The molecule has 0 aliphatic carbocycles. The Labute approximate surface area is 197 Å². The molecule has 4 heterocycles. The second-order valence-corrected chi connectivity index (χ2v) is 8.49. The van der Waals surface area contributed by atoms with Gasteiger partial charge in [0.25, 0.3) is 11.8 Å². The Morgan fingerprint density at radius 1 is 0.794 bits per heavy atom. The van der Waals surface area contributed by atoms with Gasteiger partial charge in [0.05, 0.1) is 16.8 Å². The maximum absolute atomic E-state index is 13.6. The van der Waals surface area contributed by atoms with Gasteiger partial charge in [0.2, 0.25) is 0 Å². The Kier molecular flexibility index (Phi) is 5.57. The minimum Gasteiger partial charge on any atom is -0.466 e. The summed E-state index contributed by atoms with van der Waals surface area (Å²) in [7, 11) is 0. The molecule has 0 spiro atoms. The van der Waals surface area contributed by atoms with Crippen LogP contribution < -0.4 is 0 Å². The molecule has 1 aliphatic heterocycles. The largest absolute Gasteiger partial charge is 0.466 e. The summed E-state index contributed by atoms with van der Waals surface area (Å²) in [5, 5.41) is 4.68. The van der Waals surface area contributed by atoms with Gasteiger partial charge in [-0.2, -0.15) is 5.10 Å². The van der Waals surface area contributed by atoms with Crippen LogP contribution >= 0.6 is 0 Å². The Hall–Kier alpha value is -4.07. The van der Waals surface area contributed by atoms with Crippen LogP contribution in [-0.2, 0) is 0 Å². The summed E-state index contributed by atoms with van der Waals surface area (Å²) in [6.07, 6.45) is 1.75. The molecule has 8 heteroatoms. The van der Waals surface area contributed by atoms with E-state index in [1.807, 2.05) is 56.3 Å². The van der Waals surface area contributed by atoms with Gasteiger partial charge >= 0.3 is 0 Å². The second-order valence-electron chi connectivity index (χ2n) is 8.49. The molecule has 8 nitrogen and oxygen atoms in total. The van der Waals surface area contributed by atoms with E-state index >= 15 is 0 Å². The molecule has 1 fully saturated rings. The van der Waals surface area contributed by atoms with Crippen LogP contribution in [0.15, 0.2) is 63.6 Å². The molecule has 0 N–H and O–H groups in total. The fraction of sp³-hybridized carbons (Fsp3) is 0.269. The van der Waals surface area contributed by atoms with E-state index in [9.17, 15) is 9.59 Å². The Morgan fingerprint density at radius 3 is 2.00 bits per heavy atom. The third-order valence-electron chi connectivity index (χ3n) is 6.06. The topological polar surface area (TPSA) is 84.7 Å². The van der Waals surface area contributed by atoms with Crippen molar-refractivity contribution in [2.24, 2.45) is 0 Å². The van der Waals surface area contributed by atoms with Crippen LogP contribution in [0.3, 0.4) is 0 Å². The summed E-state index contributed by atoms with van der Waals surface area (Å²) in [5.41, 5.74) is 2.41. The zero-order valence-corrected chi connectivity index (χ0v) is 19.4. The highest BCUT2D eigenvalue weighted by atomic mass is 16.3. The van der Waals surface area contributed by atoms with Crippen molar-refractivity contribution in [2.45, 2.75) is 20.8 Å². The van der Waals surface area contributed by atoms with Crippen molar-refractivity contribution in [2.75, 3.05) is 26.2 Å². The zero-order valence-electron chi connectivity index (χ0n) is 19.4. The van der Waals surface area contributed by atoms with E-state index in [1.54, 1.807) is 33.7 Å². The van der Waals surface area contributed by atoms with E-state index < -0.39 is 0 Å². The van der Waals surface area contributed by atoms with Crippen LogP contribution in [-0.4, -0.2) is 57.6 Å². The Morgan fingerprint density at radius 2 is 1.44 bits per heavy atom. The quantitative estimate of drug-likeness (QED) is 0.457. The summed E-state index contributed by atoms with van der Waals surface area (Å²) >= 11 is 0. The van der Waals surface area contributed by atoms with Crippen molar-refractivity contribution in [1.29, 1.82) is 0 Å². The van der Waals surface area contributed by atoms with Gasteiger partial charge in [-0.1, -0.05) is 18.2 Å². The zero-order chi connectivity index (χ0) is 23.8. The second kappa shape index (κ2) is 8.70. The molecule has 3 aromatic heterocycles. The summed E-state index contributed by atoms with van der Waals surface area (Å²) in [6, 6.07) is 15.1. The third-order valence-corrected chi connectivity index (χ3v) is 6.06. The summed E-state index contributed by atoms with van der Waals surface area (Å²) in [6.45, 7) is 7.27. The van der Waals surface area contributed by atoms with Gasteiger partial charge in [-0.05, 0) is 51.1 Å². The molecule has 0 saturated carbocycles. The summed E-state index contributed by atoms with van der Waals surface area (Å²) in [4.78, 5) is 30.0. The first-order valence-electron chi connectivity index (χ1n) is 11.3. The van der Waals surface area contributed by atoms with Crippen molar-refractivity contribution in [3.63, 3.8) is 0 Å². The first-order chi connectivity index (χ1) is 16.4. The Bertz CT molecular complexity index is 1340. The molecule has 0 unspecified atom stereocenters. The van der Waals surface area contributed by atoms with E-state index in [-0.39, 0.29) is 11.8 Å². The van der Waals surface area contributed by atoms with Gasteiger partial charge in [-0.25, -0.2) is 4.68 Å². The number of para-hydroxylation sites is 1. The number of furan rings is 2. The minimum atomic E-state index is -0.131. The van der Waals surface area contributed by atoms with Gasteiger partial charge in [0, 0.05) is 32.4 Å². The SMILES string of the molecule is Cc1ccc(-c2nn(-c3ccccc3)cc2C(=O)N2CCN(C(=O)c3cc(C)oc3C)CC2)o1. The van der Waals surface area contributed by atoms with Crippen LogP contribution in [0.5, 0.6) is 0 Å². The standard InChI is InChI=1S/C26H26N4O4/c1-17-9-10-23(34-17)24-22(16-30(27-24)20-7-5-4-6-8-20)26(32)29-13-11-28(12-14-29)25(31)21-15-18(2)33-19(21)3/h4-10,15-16H,11-14H2,1-3H3. The van der Waals surface area contributed by atoms with Crippen LogP contribution in [0.2, 0.25) is 0 Å². The average Bonchev–Trinajstić information content (AvgIpc) is 3.57. The maximum atomic E-state index is 13.6. The van der Waals surface area contributed by atoms with Crippen molar-refractivity contribution < 1.29 is 18.4 Å². The number of piperazine rings is 1. The first-order valence-corrected chi connectivity index (χ1v) is 11.3. The molecule has 0 bridgehead atoms. The lowest BCUT2D eigenvalue weighted by Crippen LogP contribution is -2.50. The number of carbonyl (C=O) groups is 2. The molecule has 1 aromatic carbocycles. The maximum Gasteiger partial charge on any atom is 0.257 e. The van der Waals surface area contributed by atoms with Crippen molar-refractivity contribution in [1.82, 2.24) is 19.6 Å². The molecule has 1 saturated heterocycles. The van der Waals surface area contributed by atoms with Crippen LogP contribution in [0, 0.1) is 20.8 Å². The highest BCUT2D eigenvalue weighted by Gasteiger charge is 2.30. The van der Waals surface area contributed by atoms with Crippen LogP contribution in [0.25, 0.3) is 17.1 Å². The van der Waals surface area contributed by atoms with Crippen molar-refractivity contribution >= 4 is 11.8 Å². The molecule has 34 heavy (non-hydrogen) atoms. The predicted octanol–water partition coefficient (Wildman–Crippen LogP) is 4.25. The molecule has 5 rings (SSSR count). The lowest BCUT2D eigenvalue weighted by atomic mass is 10.1. The number of aryl methyl sites for hydroxylation is 3. The lowest BCUT2D eigenvalue weighted by molar-refractivity contribution is 0.0534. The number of carbonyl (C=O) groups excluding carboxylic acids is 2. The molecular weight excluding hydrogens is 432 g/mol. The van der Waals surface area contributed by atoms with Crippen molar-refractivity contribution in [3.8, 4) is 17.1 Å². The number of hydrogen-bond donors (Lipinski definition) is 0. The highest BCUT2D eigenvalue weighted by molar-refractivity contribution is 6.00. The molecule has 4 aromatic rings. The number of aromatic nitrogens is 2. The fourth-order valence-corrected chi connectivity index (χ4v) is 4.28. The Balaban J connectivity index is 1.38. The number of benzene rings is 1. The summed E-state index contributed by atoms with van der Waals surface area (Å²) < 4.78 is 13.0. The predicted molar refractivity (Wildman–Crippen MR) is 126 cm³/mol. The first kappa shape index (κ1) is 21.8. The van der Waals surface area contributed by atoms with Gasteiger partial charge in [-0.3, -0.25) is 9.59 Å². The normalized spacial score (nSPS) is 14.0. The van der Waals surface area contributed by atoms with Gasteiger partial charge in [-0.15, -0.1) is 0 Å². The van der Waals surface area contributed by atoms with Crippen LogP contribution in [0.4, 0.5) is 0 Å². The summed E-state index contributed by atoms with van der Waals surface area (Å²) in [5.74, 6) is 2.44. The van der Waals surface area contributed by atoms with Gasteiger partial charge in [0.15, 0.2) is 5.76 Å². The number of nitrogens with zero attached hydrogens (tertiary/aromatic N) is 4. The highest BCUT2D eigenvalue weighted by Crippen LogP contribution is 2.27. The van der Waals surface area contributed by atoms with Gasteiger partial charge in [0.1, 0.15) is 23.0 Å². The van der Waals surface area contributed by atoms with Crippen LogP contribution in [0.1, 0.15) is 38.0 Å². The molecule has 0 radical (unpaired) electrons. The van der Waals surface area contributed by atoms with E-state index in [0.29, 0.717) is 60.3 Å². The number of hydrogen-bond acceptors (Lipinski definition) is 5. The van der Waals surface area contributed by atoms with Gasteiger partial charge < -0.3 is 18.6 Å². The monoisotopic (exact) mass is 458 g/mol. The minimum absolute atomic E-state index is 0.0647. The smallest absolute Gasteiger partial charge is 0.257 e. The average molecular weight is 459 g/mol. The van der Waals surface area contributed by atoms with E-state index in [2.05, 4.69) is 5.10 Å². The fourth-order valence-electron chi connectivity index (χ4n) is 4.28. The lowest BCUT2D eigenvalue weighted by Gasteiger charge is -2.34. The molecule has 1 aliphatic rings. The third kappa shape index (κ3) is 4.03. The van der Waals surface area contributed by atoms with Crippen molar-refractivity contribution in [3.05, 3.63) is 83.1 Å². The van der Waals surface area contributed by atoms with E-state index in [4.69, 9.17) is 8.83 Å². The molecule has 0 atom stereocenters. The number of rotatable bonds is 4. The molecule has 174 valence electrons. The number of amides is 2. The molecular formula is C26H26N4O4.